The lowest BCUT2D eigenvalue weighted by molar-refractivity contribution is 0.414. The van der Waals surface area contributed by atoms with E-state index >= 15 is 0 Å². The highest BCUT2D eigenvalue weighted by atomic mass is 79.9. The zero-order valence-corrected chi connectivity index (χ0v) is 13.8. The molecule has 1 atom stereocenters. The number of methoxy groups -OCH3 is 1. The van der Waals surface area contributed by atoms with Gasteiger partial charge in [0.05, 0.1) is 7.11 Å². The summed E-state index contributed by atoms with van der Waals surface area (Å²) in [5.74, 6) is 0.832. The largest absolute Gasteiger partial charge is 0.497 e. The van der Waals surface area contributed by atoms with Crippen LogP contribution in [-0.4, -0.2) is 7.11 Å². The molecule has 0 amide bonds. The molecule has 2 aromatic carbocycles. The molecule has 2 aromatic rings. The number of ether oxygens (including phenoxy) is 1. The minimum atomic E-state index is -0.0999. The summed E-state index contributed by atoms with van der Waals surface area (Å²) in [5, 5.41) is 0.714. The molecular formula is C16H17BrClNO. The van der Waals surface area contributed by atoms with Crippen LogP contribution in [0.4, 0.5) is 0 Å². The fourth-order valence-corrected chi connectivity index (χ4v) is 2.78. The minimum absolute atomic E-state index is 0.0999. The Morgan fingerprint density at radius 1 is 1.25 bits per heavy atom. The van der Waals surface area contributed by atoms with Crippen molar-refractivity contribution in [1.29, 1.82) is 0 Å². The van der Waals surface area contributed by atoms with Gasteiger partial charge in [-0.2, -0.15) is 0 Å². The number of hydrogen-bond acceptors (Lipinski definition) is 2. The Kier molecular flexibility index (Phi) is 5.08. The van der Waals surface area contributed by atoms with Crippen LogP contribution in [0.1, 0.15) is 22.7 Å². The lowest BCUT2D eigenvalue weighted by Gasteiger charge is -2.16. The molecule has 4 heteroatoms. The maximum Gasteiger partial charge on any atom is 0.119 e. The monoisotopic (exact) mass is 353 g/mol. The Labute approximate surface area is 133 Å². The second-order valence-electron chi connectivity index (χ2n) is 4.77. The Morgan fingerprint density at radius 3 is 2.70 bits per heavy atom. The van der Waals surface area contributed by atoms with Crippen LogP contribution in [0.25, 0.3) is 0 Å². The van der Waals surface area contributed by atoms with E-state index in [0.717, 1.165) is 33.3 Å². The smallest absolute Gasteiger partial charge is 0.119 e. The van der Waals surface area contributed by atoms with E-state index in [1.54, 1.807) is 7.11 Å². The van der Waals surface area contributed by atoms with Crippen LogP contribution < -0.4 is 10.5 Å². The summed E-state index contributed by atoms with van der Waals surface area (Å²) < 4.78 is 6.29. The molecule has 0 bridgehead atoms. The van der Waals surface area contributed by atoms with Crippen molar-refractivity contribution in [1.82, 2.24) is 0 Å². The van der Waals surface area contributed by atoms with E-state index in [-0.39, 0.29) is 6.04 Å². The van der Waals surface area contributed by atoms with E-state index in [9.17, 15) is 0 Å². The standard InChI is InChI=1S/C16H17BrClNO/c1-10-3-4-12(18)9-14(10)16(19)8-11-7-13(20-2)5-6-15(11)17/h3-7,9,16H,8,19H2,1-2H3. The molecular weight excluding hydrogens is 338 g/mol. The van der Waals surface area contributed by atoms with Crippen LogP contribution in [0.5, 0.6) is 5.75 Å². The van der Waals surface area contributed by atoms with Crippen molar-refractivity contribution in [2.75, 3.05) is 7.11 Å². The van der Waals surface area contributed by atoms with Crippen LogP contribution in [0.3, 0.4) is 0 Å². The quantitative estimate of drug-likeness (QED) is 0.866. The normalized spacial score (nSPS) is 12.2. The van der Waals surface area contributed by atoms with E-state index in [1.807, 2.05) is 43.3 Å². The topological polar surface area (TPSA) is 35.2 Å². The Bertz CT molecular complexity index is 615. The number of rotatable bonds is 4. The van der Waals surface area contributed by atoms with Gasteiger partial charge in [-0.25, -0.2) is 0 Å². The van der Waals surface area contributed by atoms with Crippen molar-refractivity contribution < 1.29 is 4.74 Å². The molecule has 20 heavy (non-hydrogen) atoms. The van der Waals surface area contributed by atoms with Crippen LogP contribution in [-0.2, 0) is 6.42 Å². The zero-order valence-electron chi connectivity index (χ0n) is 11.5. The number of hydrogen-bond donors (Lipinski definition) is 1. The first kappa shape index (κ1) is 15.4. The number of halogens is 2. The van der Waals surface area contributed by atoms with Gasteiger partial charge in [0.25, 0.3) is 0 Å². The molecule has 0 aliphatic carbocycles. The Hall–Kier alpha value is -1.03. The average Bonchev–Trinajstić information content (AvgIpc) is 2.43. The van der Waals surface area contributed by atoms with Crippen LogP contribution in [0.15, 0.2) is 40.9 Å². The predicted octanol–water partition coefficient (Wildman–Crippen LogP) is 4.66. The third-order valence-corrected chi connectivity index (χ3v) is 4.34. The zero-order chi connectivity index (χ0) is 14.7. The van der Waals surface area contributed by atoms with Gasteiger partial charge < -0.3 is 10.5 Å². The third-order valence-electron chi connectivity index (χ3n) is 3.33. The molecule has 0 spiro atoms. The molecule has 0 saturated heterocycles. The first-order valence-corrected chi connectivity index (χ1v) is 7.52. The van der Waals surface area contributed by atoms with E-state index in [1.165, 1.54) is 0 Å². The summed E-state index contributed by atoms with van der Waals surface area (Å²) in [4.78, 5) is 0. The molecule has 2 rings (SSSR count). The molecule has 106 valence electrons. The predicted molar refractivity (Wildman–Crippen MR) is 87.5 cm³/mol. The van der Waals surface area contributed by atoms with Crippen molar-refractivity contribution in [3.8, 4) is 5.75 Å². The molecule has 2 nitrogen and oxygen atoms in total. The number of benzene rings is 2. The third kappa shape index (κ3) is 3.54. The van der Waals surface area contributed by atoms with Gasteiger partial charge in [-0.3, -0.25) is 0 Å². The SMILES string of the molecule is COc1ccc(Br)c(CC(N)c2cc(Cl)ccc2C)c1. The number of aryl methyl sites for hydroxylation is 1. The van der Waals surface area contributed by atoms with E-state index in [0.29, 0.717) is 5.02 Å². The van der Waals surface area contributed by atoms with Crippen molar-refractivity contribution in [2.24, 2.45) is 5.73 Å². The first-order valence-electron chi connectivity index (χ1n) is 6.35. The van der Waals surface area contributed by atoms with E-state index in [2.05, 4.69) is 15.9 Å². The van der Waals surface area contributed by atoms with Gasteiger partial charge in [0.15, 0.2) is 0 Å². The average molecular weight is 355 g/mol. The van der Waals surface area contributed by atoms with Gasteiger partial charge in [-0.05, 0) is 60.4 Å². The van der Waals surface area contributed by atoms with Crippen LogP contribution in [0, 0.1) is 6.92 Å². The first-order chi connectivity index (χ1) is 9.51. The van der Waals surface area contributed by atoms with Gasteiger partial charge in [0.1, 0.15) is 5.75 Å². The summed E-state index contributed by atoms with van der Waals surface area (Å²) in [6.45, 7) is 2.05. The van der Waals surface area contributed by atoms with Gasteiger partial charge in [-0.15, -0.1) is 0 Å². The Balaban J connectivity index is 2.27. The van der Waals surface area contributed by atoms with Gasteiger partial charge in [-0.1, -0.05) is 33.6 Å². The van der Waals surface area contributed by atoms with Gasteiger partial charge >= 0.3 is 0 Å². The van der Waals surface area contributed by atoms with E-state index < -0.39 is 0 Å². The number of nitrogens with two attached hydrogens (primary N) is 1. The van der Waals surface area contributed by atoms with Crippen molar-refractivity contribution in [2.45, 2.75) is 19.4 Å². The van der Waals surface area contributed by atoms with Crippen molar-refractivity contribution >= 4 is 27.5 Å². The van der Waals surface area contributed by atoms with Gasteiger partial charge in [0, 0.05) is 15.5 Å². The lowest BCUT2D eigenvalue weighted by Crippen LogP contribution is -2.15. The highest BCUT2D eigenvalue weighted by molar-refractivity contribution is 9.10. The highest BCUT2D eigenvalue weighted by Gasteiger charge is 2.13. The van der Waals surface area contributed by atoms with Crippen molar-refractivity contribution in [3.63, 3.8) is 0 Å². The van der Waals surface area contributed by atoms with Gasteiger partial charge in [0.2, 0.25) is 0 Å². The second-order valence-corrected chi connectivity index (χ2v) is 6.06. The summed E-state index contributed by atoms with van der Waals surface area (Å²) >= 11 is 9.61. The fourth-order valence-electron chi connectivity index (χ4n) is 2.19. The minimum Gasteiger partial charge on any atom is -0.497 e. The molecule has 0 heterocycles. The van der Waals surface area contributed by atoms with Crippen LogP contribution >= 0.6 is 27.5 Å². The summed E-state index contributed by atoms with van der Waals surface area (Å²) in [6.07, 6.45) is 0.721. The van der Waals surface area contributed by atoms with Crippen molar-refractivity contribution in [3.05, 3.63) is 62.6 Å². The van der Waals surface area contributed by atoms with Crippen LogP contribution in [0.2, 0.25) is 5.02 Å². The lowest BCUT2D eigenvalue weighted by atomic mass is 9.96. The summed E-state index contributed by atoms with van der Waals surface area (Å²) in [7, 11) is 1.66. The molecule has 0 aliphatic heterocycles. The fraction of sp³-hybridized carbons (Fsp3) is 0.250. The summed E-state index contributed by atoms with van der Waals surface area (Å²) in [6, 6.07) is 11.6. The molecule has 0 radical (unpaired) electrons. The summed E-state index contributed by atoms with van der Waals surface area (Å²) in [5.41, 5.74) is 9.69. The van der Waals surface area contributed by atoms with E-state index in [4.69, 9.17) is 22.1 Å². The molecule has 0 aliphatic rings. The molecule has 0 aromatic heterocycles. The maximum atomic E-state index is 6.34. The maximum absolute atomic E-state index is 6.34. The molecule has 1 unspecified atom stereocenters. The molecule has 0 saturated carbocycles. The highest BCUT2D eigenvalue weighted by Crippen LogP contribution is 2.28. The molecule has 2 N–H and O–H groups in total. The Morgan fingerprint density at radius 2 is 2.00 bits per heavy atom. The second kappa shape index (κ2) is 6.61. The molecule has 0 fully saturated rings.